The third-order valence-electron chi connectivity index (χ3n) is 4.31. The van der Waals surface area contributed by atoms with Crippen molar-refractivity contribution in [3.63, 3.8) is 0 Å². The molecule has 4 aromatic rings. The summed E-state index contributed by atoms with van der Waals surface area (Å²) in [6.45, 7) is 2.41. The van der Waals surface area contributed by atoms with E-state index in [-0.39, 0.29) is 11.6 Å². The molecule has 26 heavy (non-hydrogen) atoms. The number of nitrogens with one attached hydrogen (secondary N) is 1. The first-order chi connectivity index (χ1) is 12.7. The van der Waals surface area contributed by atoms with Crippen molar-refractivity contribution in [3.8, 4) is 0 Å². The van der Waals surface area contributed by atoms with E-state index < -0.39 is 0 Å². The van der Waals surface area contributed by atoms with Crippen molar-refractivity contribution in [1.29, 1.82) is 0 Å². The second-order valence-electron chi connectivity index (χ2n) is 6.26. The molecule has 0 aliphatic heterocycles. The largest absolute Gasteiger partial charge is 0.467 e. The summed E-state index contributed by atoms with van der Waals surface area (Å²) in [7, 11) is 0. The monoisotopic (exact) mass is 345 g/mol. The average Bonchev–Trinajstić information content (AvgIpc) is 3.18. The van der Waals surface area contributed by atoms with Gasteiger partial charge in [0.2, 0.25) is 0 Å². The SMILES string of the molecule is Cc1ccc2nc(CN[C@H](c3ccccc3)c3ccco3)cc(=O)n2c1. The minimum absolute atomic E-state index is 0.0789. The molecule has 4 rings (SSSR count). The number of aryl methyl sites for hydroxylation is 1. The first kappa shape index (κ1) is 16.3. The van der Waals surface area contributed by atoms with Gasteiger partial charge in [-0.05, 0) is 36.2 Å². The molecule has 0 spiro atoms. The maximum atomic E-state index is 12.4. The predicted octanol–water partition coefficient (Wildman–Crippen LogP) is 3.48. The van der Waals surface area contributed by atoms with Crippen LogP contribution >= 0.6 is 0 Å². The van der Waals surface area contributed by atoms with Gasteiger partial charge in [0.1, 0.15) is 11.4 Å². The maximum absolute atomic E-state index is 12.4. The standard InChI is InChI=1S/C21H19N3O2/c1-15-9-10-19-23-17(12-20(25)24(19)14-15)13-22-21(18-8-5-11-26-18)16-6-3-2-4-7-16/h2-12,14,21-22H,13H2,1H3/t21-/m1/s1. The van der Waals surface area contributed by atoms with E-state index in [1.807, 2.05) is 61.5 Å². The van der Waals surface area contributed by atoms with Crippen LogP contribution in [0.5, 0.6) is 0 Å². The molecule has 0 fully saturated rings. The third kappa shape index (κ3) is 3.30. The smallest absolute Gasteiger partial charge is 0.258 e. The lowest BCUT2D eigenvalue weighted by atomic mass is 10.0. The number of benzene rings is 1. The second kappa shape index (κ2) is 6.98. The molecule has 0 amide bonds. The van der Waals surface area contributed by atoms with Gasteiger partial charge in [-0.2, -0.15) is 0 Å². The lowest BCUT2D eigenvalue weighted by molar-refractivity contribution is 0.444. The maximum Gasteiger partial charge on any atom is 0.258 e. The fourth-order valence-electron chi connectivity index (χ4n) is 3.04. The topological polar surface area (TPSA) is 59.5 Å². The van der Waals surface area contributed by atoms with Crippen LogP contribution in [0.15, 0.2) is 82.3 Å². The summed E-state index contributed by atoms with van der Waals surface area (Å²) >= 11 is 0. The molecule has 0 saturated carbocycles. The Morgan fingerprint density at radius 3 is 2.73 bits per heavy atom. The third-order valence-corrected chi connectivity index (χ3v) is 4.31. The number of hydrogen-bond acceptors (Lipinski definition) is 4. The lowest BCUT2D eigenvalue weighted by Crippen LogP contribution is -2.24. The Balaban J connectivity index is 1.63. The highest BCUT2D eigenvalue weighted by Gasteiger charge is 2.16. The van der Waals surface area contributed by atoms with Crippen LogP contribution in [0, 0.1) is 6.92 Å². The summed E-state index contributed by atoms with van der Waals surface area (Å²) in [5.41, 5.74) is 3.38. The van der Waals surface area contributed by atoms with Gasteiger partial charge in [0.05, 0.1) is 18.0 Å². The van der Waals surface area contributed by atoms with E-state index >= 15 is 0 Å². The summed E-state index contributed by atoms with van der Waals surface area (Å²) in [4.78, 5) is 17.0. The fourth-order valence-corrected chi connectivity index (χ4v) is 3.04. The van der Waals surface area contributed by atoms with Crippen molar-refractivity contribution >= 4 is 5.65 Å². The molecule has 3 heterocycles. The van der Waals surface area contributed by atoms with Crippen molar-refractivity contribution in [2.45, 2.75) is 19.5 Å². The van der Waals surface area contributed by atoms with Gasteiger partial charge in [-0.25, -0.2) is 4.98 Å². The Hall–Kier alpha value is -3.18. The van der Waals surface area contributed by atoms with E-state index in [0.29, 0.717) is 17.9 Å². The quantitative estimate of drug-likeness (QED) is 0.602. The Bertz CT molecular complexity index is 1070. The zero-order chi connectivity index (χ0) is 17.9. The molecule has 0 saturated heterocycles. The Labute approximate surface area is 150 Å². The molecule has 1 atom stereocenters. The Morgan fingerprint density at radius 1 is 1.12 bits per heavy atom. The fraction of sp³-hybridized carbons (Fsp3) is 0.143. The number of furan rings is 1. The molecule has 1 aromatic carbocycles. The van der Waals surface area contributed by atoms with E-state index in [4.69, 9.17) is 4.42 Å². The van der Waals surface area contributed by atoms with Crippen LogP contribution in [0.25, 0.3) is 5.65 Å². The van der Waals surface area contributed by atoms with Crippen molar-refractivity contribution in [1.82, 2.24) is 14.7 Å². The summed E-state index contributed by atoms with van der Waals surface area (Å²) in [5.74, 6) is 0.823. The molecule has 3 aromatic heterocycles. The van der Waals surface area contributed by atoms with Gasteiger partial charge >= 0.3 is 0 Å². The van der Waals surface area contributed by atoms with E-state index in [0.717, 1.165) is 16.9 Å². The number of rotatable bonds is 5. The van der Waals surface area contributed by atoms with Gasteiger partial charge in [0, 0.05) is 18.8 Å². The van der Waals surface area contributed by atoms with Crippen LogP contribution in [0.2, 0.25) is 0 Å². The lowest BCUT2D eigenvalue weighted by Gasteiger charge is -2.17. The van der Waals surface area contributed by atoms with E-state index in [1.165, 1.54) is 0 Å². The van der Waals surface area contributed by atoms with Crippen molar-refractivity contribution in [2.24, 2.45) is 0 Å². The van der Waals surface area contributed by atoms with Gasteiger partial charge in [-0.3, -0.25) is 14.5 Å². The Morgan fingerprint density at radius 2 is 1.96 bits per heavy atom. The first-order valence-electron chi connectivity index (χ1n) is 8.51. The highest BCUT2D eigenvalue weighted by atomic mass is 16.3. The van der Waals surface area contributed by atoms with Crippen molar-refractivity contribution < 1.29 is 4.42 Å². The highest BCUT2D eigenvalue weighted by Crippen LogP contribution is 2.22. The molecule has 0 aliphatic rings. The summed E-state index contributed by atoms with van der Waals surface area (Å²) in [6.07, 6.45) is 3.47. The minimum Gasteiger partial charge on any atom is -0.467 e. The van der Waals surface area contributed by atoms with Crippen LogP contribution < -0.4 is 10.9 Å². The number of aromatic nitrogens is 2. The van der Waals surface area contributed by atoms with Crippen LogP contribution in [-0.2, 0) is 6.54 Å². The van der Waals surface area contributed by atoms with E-state index in [9.17, 15) is 4.79 Å². The highest BCUT2D eigenvalue weighted by molar-refractivity contribution is 5.40. The Kier molecular flexibility index (Phi) is 4.37. The zero-order valence-electron chi connectivity index (χ0n) is 14.4. The van der Waals surface area contributed by atoms with Gasteiger partial charge < -0.3 is 4.42 Å². The summed E-state index contributed by atoms with van der Waals surface area (Å²) in [5, 5.41) is 3.45. The molecule has 0 radical (unpaired) electrons. The average molecular weight is 345 g/mol. The summed E-state index contributed by atoms with van der Waals surface area (Å²) < 4.78 is 7.17. The normalized spacial score (nSPS) is 12.3. The van der Waals surface area contributed by atoms with Crippen LogP contribution in [0.4, 0.5) is 0 Å². The number of pyridine rings is 1. The number of nitrogens with zero attached hydrogens (tertiary/aromatic N) is 2. The molecule has 5 heteroatoms. The first-order valence-corrected chi connectivity index (χ1v) is 8.51. The predicted molar refractivity (Wildman–Crippen MR) is 100 cm³/mol. The molecule has 0 bridgehead atoms. The van der Waals surface area contributed by atoms with Gasteiger partial charge in [0.15, 0.2) is 0 Å². The molecule has 5 nitrogen and oxygen atoms in total. The molecule has 0 unspecified atom stereocenters. The molecular formula is C21H19N3O2. The van der Waals surface area contributed by atoms with Crippen LogP contribution in [-0.4, -0.2) is 9.38 Å². The molecule has 1 N–H and O–H groups in total. The van der Waals surface area contributed by atoms with E-state index in [2.05, 4.69) is 10.3 Å². The van der Waals surface area contributed by atoms with Gasteiger partial charge in [0.25, 0.3) is 5.56 Å². The van der Waals surface area contributed by atoms with Gasteiger partial charge in [-0.15, -0.1) is 0 Å². The second-order valence-corrected chi connectivity index (χ2v) is 6.26. The zero-order valence-corrected chi connectivity index (χ0v) is 14.4. The number of hydrogen-bond donors (Lipinski definition) is 1. The van der Waals surface area contributed by atoms with Gasteiger partial charge in [-0.1, -0.05) is 36.4 Å². The van der Waals surface area contributed by atoms with Crippen molar-refractivity contribution in [3.05, 3.63) is 106 Å². The molecular weight excluding hydrogens is 326 g/mol. The van der Waals surface area contributed by atoms with Crippen LogP contribution in [0.3, 0.4) is 0 Å². The van der Waals surface area contributed by atoms with Crippen molar-refractivity contribution in [2.75, 3.05) is 0 Å². The van der Waals surface area contributed by atoms with E-state index in [1.54, 1.807) is 22.9 Å². The minimum atomic E-state index is -0.107. The molecule has 0 aliphatic carbocycles. The number of fused-ring (bicyclic) bond motifs is 1. The molecule has 130 valence electrons. The summed E-state index contributed by atoms with van der Waals surface area (Å²) in [6, 6.07) is 19.2. The van der Waals surface area contributed by atoms with Crippen LogP contribution in [0.1, 0.15) is 28.6 Å².